The van der Waals surface area contributed by atoms with Crippen molar-refractivity contribution in [3.63, 3.8) is 0 Å². The third kappa shape index (κ3) is 5.39. The van der Waals surface area contributed by atoms with Crippen molar-refractivity contribution in [3.05, 3.63) is 42.0 Å². The predicted molar refractivity (Wildman–Crippen MR) is 128 cm³/mol. The molecule has 0 amide bonds. The van der Waals surface area contributed by atoms with Crippen molar-refractivity contribution < 1.29 is 0 Å². The number of hydrogen-bond acceptors (Lipinski definition) is 5. The van der Waals surface area contributed by atoms with Gasteiger partial charge in [0.15, 0.2) is 5.11 Å². The van der Waals surface area contributed by atoms with Crippen LogP contribution in [-0.4, -0.2) is 40.8 Å². The summed E-state index contributed by atoms with van der Waals surface area (Å²) in [6.45, 7) is 6.13. The fourth-order valence-electron chi connectivity index (χ4n) is 4.27. The molecule has 0 bridgehead atoms. The lowest BCUT2D eigenvalue weighted by Gasteiger charge is -2.35. The summed E-state index contributed by atoms with van der Waals surface area (Å²) >= 11 is 5.53. The highest BCUT2D eigenvalue weighted by Crippen LogP contribution is 2.28. The Bertz CT molecular complexity index is 837. The standard InChI is InChI=1S/C23H32N6S/c1-18-10-6-9-15-29(18)21-16-20(28-13-7-3-8-14-28)25-22(26-21)27-23(30)24-17-19-11-4-2-5-12-19/h2,4-5,11-12,16,18H,3,6-10,13-15,17H2,1H3,(H2,24,25,26,27,30)/t18-/m1/s1. The maximum Gasteiger partial charge on any atom is 0.232 e. The molecule has 160 valence electrons. The lowest BCUT2D eigenvalue weighted by molar-refractivity contribution is 0.481. The van der Waals surface area contributed by atoms with Gasteiger partial charge < -0.3 is 20.4 Å². The Hall–Kier alpha value is -2.41. The van der Waals surface area contributed by atoms with E-state index in [1.54, 1.807) is 0 Å². The zero-order valence-corrected chi connectivity index (χ0v) is 18.6. The van der Waals surface area contributed by atoms with E-state index in [0.29, 0.717) is 23.6 Å². The van der Waals surface area contributed by atoms with Gasteiger partial charge >= 0.3 is 0 Å². The molecule has 2 N–H and O–H groups in total. The Kier molecular flexibility index (Phi) is 7.00. The summed E-state index contributed by atoms with van der Waals surface area (Å²) < 4.78 is 0. The van der Waals surface area contributed by atoms with E-state index in [1.165, 1.54) is 44.1 Å². The molecule has 1 aromatic heterocycles. The maximum atomic E-state index is 5.53. The fourth-order valence-corrected chi connectivity index (χ4v) is 4.44. The Morgan fingerprint density at radius 3 is 2.50 bits per heavy atom. The largest absolute Gasteiger partial charge is 0.358 e. The number of rotatable bonds is 5. The summed E-state index contributed by atoms with van der Waals surface area (Å²) in [6.07, 6.45) is 7.46. The first-order valence-corrected chi connectivity index (χ1v) is 11.6. The minimum absolute atomic E-state index is 0.499. The third-order valence-electron chi connectivity index (χ3n) is 6.00. The SMILES string of the molecule is C[C@@H]1CCCCN1c1cc(N2CCCCC2)nc(NC(=S)NCc2ccccc2)n1. The highest BCUT2D eigenvalue weighted by Gasteiger charge is 2.23. The Labute approximate surface area is 185 Å². The van der Waals surface area contributed by atoms with E-state index in [0.717, 1.165) is 31.3 Å². The third-order valence-corrected chi connectivity index (χ3v) is 6.24. The number of benzene rings is 1. The van der Waals surface area contributed by atoms with E-state index >= 15 is 0 Å². The highest BCUT2D eigenvalue weighted by molar-refractivity contribution is 7.80. The molecule has 0 saturated carbocycles. The van der Waals surface area contributed by atoms with Gasteiger partial charge in [-0.25, -0.2) is 0 Å². The van der Waals surface area contributed by atoms with Crippen molar-refractivity contribution in [2.24, 2.45) is 0 Å². The van der Waals surface area contributed by atoms with Crippen molar-refractivity contribution in [3.8, 4) is 0 Å². The minimum atomic E-state index is 0.499. The smallest absolute Gasteiger partial charge is 0.232 e. The lowest BCUT2D eigenvalue weighted by Crippen LogP contribution is -2.39. The van der Waals surface area contributed by atoms with Gasteiger partial charge in [0.2, 0.25) is 5.95 Å². The number of piperidine rings is 2. The van der Waals surface area contributed by atoms with E-state index in [1.807, 2.05) is 18.2 Å². The van der Waals surface area contributed by atoms with E-state index in [9.17, 15) is 0 Å². The zero-order valence-electron chi connectivity index (χ0n) is 17.8. The topological polar surface area (TPSA) is 56.3 Å². The average molecular weight is 425 g/mol. The molecule has 0 unspecified atom stereocenters. The molecule has 0 spiro atoms. The van der Waals surface area contributed by atoms with Crippen LogP contribution in [0.2, 0.25) is 0 Å². The molecule has 30 heavy (non-hydrogen) atoms. The second-order valence-electron chi connectivity index (χ2n) is 8.29. The number of nitrogens with one attached hydrogen (secondary N) is 2. The summed E-state index contributed by atoms with van der Waals surface area (Å²) in [4.78, 5) is 14.5. The van der Waals surface area contributed by atoms with E-state index in [2.05, 4.69) is 45.6 Å². The molecule has 2 aliphatic rings. The summed E-state index contributed by atoms with van der Waals surface area (Å²) in [5.74, 6) is 2.59. The Morgan fingerprint density at radius 1 is 1.00 bits per heavy atom. The van der Waals surface area contributed by atoms with Crippen LogP contribution in [-0.2, 0) is 6.54 Å². The Morgan fingerprint density at radius 2 is 1.73 bits per heavy atom. The number of anilines is 3. The minimum Gasteiger partial charge on any atom is -0.358 e. The van der Waals surface area contributed by atoms with Gasteiger partial charge in [-0.2, -0.15) is 9.97 Å². The molecule has 0 aliphatic carbocycles. The van der Waals surface area contributed by atoms with Crippen molar-refractivity contribution in [2.75, 3.05) is 34.8 Å². The number of hydrogen-bond donors (Lipinski definition) is 2. The maximum absolute atomic E-state index is 5.53. The van der Waals surface area contributed by atoms with Gasteiger partial charge in [-0.3, -0.25) is 0 Å². The average Bonchev–Trinajstić information content (AvgIpc) is 2.79. The fraction of sp³-hybridized carbons (Fsp3) is 0.522. The highest BCUT2D eigenvalue weighted by atomic mass is 32.1. The van der Waals surface area contributed by atoms with Gasteiger partial charge in [0, 0.05) is 38.3 Å². The van der Waals surface area contributed by atoms with Gasteiger partial charge in [0.25, 0.3) is 0 Å². The number of thiocarbonyl (C=S) groups is 1. The van der Waals surface area contributed by atoms with Crippen LogP contribution in [0.5, 0.6) is 0 Å². The summed E-state index contributed by atoms with van der Waals surface area (Å²) in [5.41, 5.74) is 1.19. The predicted octanol–water partition coefficient (Wildman–Crippen LogP) is 4.33. The quantitative estimate of drug-likeness (QED) is 0.693. The number of aromatic nitrogens is 2. The molecule has 0 radical (unpaired) electrons. The first kappa shape index (κ1) is 20.8. The molecular weight excluding hydrogens is 392 g/mol. The molecule has 4 rings (SSSR count). The first-order chi connectivity index (χ1) is 14.7. The van der Waals surface area contributed by atoms with E-state index in [4.69, 9.17) is 22.2 Å². The molecule has 2 fully saturated rings. The van der Waals surface area contributed by atoms with Crippen LogP contribution in [0.1, 0.15) is 51.0 Å². The molecule has 2 aliphatic heterocycles. The van der Waals surface area contributed by atoms with Crippen molar-refractivity contribution >= 4 is 34.9 Å². The van der Waals surface area contributed by atoms with Crippen molar-refractivity contribution in [2.45, 2.75) is 58.0 Å². The van der Waals surface area contributed by atoms with Gasteiger partial charge in [-0.05, 0) is 63.2 Å². The summed E-state index contributed by atoms with van der Waals surface area (Å²) in [7, 11) is 0. The first-order valence-electron chi connectivity index (χ1n) is 11.2. The number of nitrogens with zero attached hydrogens (tertiary/aromatic N) is 4. The summed E-state index contributed by atoms with van der Waals surface area (Å²) in [5, 5.41) is 7.05. The van der Waals surface area contributed by atoms with Crippen LogP contribution < -0.4 is 20.4 Å². The second-order valence-corrected chi connectivity index (χ2v) is 8.70. The van der Waals surface area contributed by atoms with Crippen LogP contribution in [0.25, 0.3) is 0 Å². The second kappa shape index (κ2) is 10.1. The van der Waals surface area contributed by atoms with Gasteiger partial charge in [0.1, 0.15) is 11.6 Å². The van der Waals surface area contributed by atoms with Crippen molar-refractivity contribution in [1.29, 1.82) is 0 Å². The zero-order chi connectivity index (χ0) is 20.8. The lowest BCUT2D eigenvalue weighted by atomic mass is 10.0. The van der Waals surface area contributed by atoms with Gasteiger partial charge in [0.05, 0.1) is 0 Å². The molecular formula is C23H32N6S. The van der Waals surface area contributed by atoms with E-state index < -0.39 is 0 Å². The molecule has 2 aromatic rings. The summed E-state index contributed by atoms with van der Waals surface area (Å²) in [6, 6.07) is 12.9. The van der Waals surface area contributed by atoms with Crippen LogP contribution >= 0.6 is 12.2 Å². The monoisotopic (exact) mass is 424 g/mol. The molecule has 2 saturated heterocycles. The van der Waals surface area contributed by atoms with Crippen LogP contribution in [0, 0.1) is 0 Å². The van der Waals surface area contributed by atoms with Crippen molar-refractivity contribution in [1.82, 2.24) is 15.3 Å². The van der Waals surface area contributed by atoms with Gasteiger partial charge in [-0.1, -0.05) is 30.3 Å². The van der Waals surface area contributed by atoms with Crippen LogP contribution in [0.3, 0.4) is 0 Å². The molecule has 1 atom stereocenters. The van der Waals surface area contributed by atoms with Crippen LogP contribution in [0.4, 0.5) is 17.6 Å². The molecule has 3 heterocycles. The normalized spacial score (nSPS) is 19.4. The van der Waals surface area contributed by atoms with Gasteiger partial charge in [-0.15, -0.1) is 0 Å². The molecule has 7 heteroatoms. The Balaban J connectivity index is 1.51. The van der Waals surface area contributed by atoms with Crippen LogP contribution in [0.15, 0.2) is 36.4 Å². The molecule has 6 nitrogen and oxygen atoms in total. The van der Waals surface area contributed by atoms with E-state index in [-0.39, 0.29) is 0 Å². The molecule has 1 aromatic carbocycles.